The SMILES string of the molecule is Cc1ccc(C2CCCCN2CC(=O)O)cc1. The minimum Gasteiger partial charge on any atom is -0.480 e. The van der Waals surface area contributed by atoms with Crippen LogP contribution in [0.15, 0.2) is 24.3 Å². The minimum atomic E-state index is -0.732. The van der Waals surface area contributed by atoms with Crippen molar-refractivity contribution in [3.63, 3.8) is 0 Å². The van der Waals surface area contributed by atoms with E-state index in [0.29, 0.717) is 0 Å². The third kappa shape index (κ3) is 3.07. The molecule has 0 aliphatic carbocycles. The second kappa shape index (κ2) is 5.32. The smallest absolute Gasteiger partial charge is 0.317 e. The van der Waals surface area contributed by atoms with Crippen molar-refractivity contribution >= 4 is 5.97 Å². The van der Waals surface area contributed by atoms with Gasteiger partial charge in [0.15, 0.2) is 0 Å². The van der Waals surface area contributed by atoms with Gasteiger partial charge in [-0.1, -0.05) is 36.2 Å². The Morgan fingerprint density at radius 3 is 2.71 bits per heavy atom. The van der Waals surface area contributed by atoms with Gasteiger partial charge in [0.25, 0.3) is 0 Å². The zero-order valence-electron chi connectivity index (χ0n) is 10.2. The number of nitrogens with zero attached hydrogens (tertiary/aromatic N) is 1. The predicted molar refractivity (Wildman–Crippen MR) is 67.0 cm³/mol. The fourth-order valence-electron chi connectivity index (χ4n) is 2.52. The maximum atomic E-state index is 10.9. The van der Waals surface area contributed by atoms with Crippen LogP contribution in [-0.4, -0.2) is 29.1 Å². The summed E-state index contributed by atoms with van der Waals surface area (Å²) >= 11 is 0. The van der Waals surface area contributed by atoms with E-state index in [0.717, 1.165) is 19.4 Å². The van der Waals surface area contributed by atoms with Crippen molar-refractivity contribution in [3.05, 3.63) is 35.4 Å². The first-order valence-electron chi connectivity index (χ1n) is 6.19. The molecule has 0 bridgehead atoms. The Kier molecular flexibility index (Phi) is 3.79. The Hall–Kier alpha value is -1.35. The molecule has 1 unspecified atom stereocenters. The lowest BCUT2D eigenvalue weighted by Crippen LogP contribution is -2.37. The van der Waals surface area contributed by atoms with Gasteiger partial charge in [0.2, 0.25) is 0 Å². The van der Waals surface area contributed by atoms with Gasteiger partial charge in [0.1, 0.15) is 0 Å². The van der Waals surface area contributed by atoms with Gasteiger partial charge in [-0.05, 0) is 31.9 Å². The Bertz CT molecular complexity index is 386. The van der Waals surface area contributed by atoms with E-state index in [4.69, 9.17) is 5.11 Å². The van der Waals surface area contributed by atoms with Crippen molar-refractivity contribution in [3.8, 4) is 0 Å². The van der Waals surface area contributed by atoms with Crippen LogP contribution in [0.5, 0.6) is 0 Å². The first-order valence-corrected chi connectivity index (χ1v) is 6.19. The van der Waals surface area contributed by atoms with Crippen molar-refractivity contribution in [2.24, 2.45) is 0 Å². The molecule has 2 rings (SSSR count). The molecule has 1 N–H and O–H groups in total. The van der Waals surface area contributed by atoms with Crippen LogP contribution >= 0.6 is 0 Å². The lowest BCUT2D eigenvalue weighted by molar-refractivity contribution is -0.139. The van der Waals surface area contributed by atoms with E-state index >= 15 is 0 Å². The van der Waals surface area contributed by atoms with Crippen LogP contribution in [0.25, 0.3) is 0 Å². The molecule has 0 saturated carbocycles. The first-order chi connectivity index (χ1) is 8.16. The number of piperidine rings is 1. The van der Waals surface area contributed by atoms with Gasteiger partial charge in [-0.25, -0.2) is 0 Å². The zero-order valence-corrected chi connectivity index (χ0v) is 10.2. The summed E-state index contributed by atoms with van der Waals surface area (Å²) < 4.78 is 0. The van der Waals surface area contributed by atoms with E-state index < -0.39 is 5.97 Å². The summed E-state index contributed by atoms with van der Waals surface area (Å²) in [5, 5.41) is 8.93. The fourth-order valence-corrected chi connectivity index (χ4v) is 2.52. The lowest BCUT2D eigenvalue weighted by atomic mass is 9.94. The highest BCUT2D eigenvalue weighted by atomic mass is 16.4. The van der Waals surface area contributed by atoms with Crippen molar-refractivity contribution in [1.29, 1.82) is 0 Å². The van der Waals surface area contributed by atoms with Crippen molar-refractivity contribution in [2.45, 2.75) is 32.2 Å². The maximum absolute atomic E-state index is 10.9. The first kappa shape index (κ1) is 12.1. The van der Waals surface area contributed by atoms with E-state index in [-0.39, 0.29) is 12.6 Å². The molecular weight excluding hydrogens is 214 g/mol. The van der Waals surface area contributed by atoms with Gasteiger partial charge >= 0.3 is 5.97 Å². The summed E-state index contributed by atoms with van der Waals surface area (Å²) in [5.74, 6) is -0.732. The summed E-state index contributed by atoms with van der Waals surface area (Å²) in [6.45, 7) is 3.11. The van der Waals surface area contributed by atoms with Gasteiger partial charge in [0.05, 0.1) is 6.54 Å². The molecule has 17 heavy (non-hydrogen) atoms. The van der Waals surface area contributed by atoms with Crippen molar-refractivity contribution in [2.75, 3.05) is 13.1 Å². The molecule has 0 aromatic heterocycles. The van der Waals surface area contributed by atoms with Crippen LogP contribution in [0, 0.1) is 6.92 Å². The largest absolute Gasteiger partial charge is 0.480 e. The molecule has 1 atom stereocenters. The summed E-state index contributed by atoms with van der Waals surface area (Å²) in [4.78, 5) is 12.9. The number of rotatable bonds is 3. The second-order valence-corrected chi connectivity index (χ2v) is 4.79. The molecule has 3 heteroatoms. The molecule has 1 aromatic carbocycles. The van der Waals surface area contributed by atoms with Crippen molar-refractivity contribution in [1.82, 2.24) is 4.90 Å². The van der Waals surface area contributed by atoms with Gasteiger partial charge in [-0.15, -0.1) is 0 Å². The van der Waals surface area contributed by atoms with E-state index in [1.807, 2.05) is 0 Å². The number of likely N-dealkylation sites (tertiary alicyclic amines) is 1. The molecule has 1 saturated heterocycles. The van der Waals surface area contributed by atoms with Gasteiger partial charge in [0, 0.05) is 6.04 Å². The van der Waals surface area contributed by atoms with Crippen LogP contribution in [0.1, 0.15) is 36.4 Å². The number of hydrogen-bond donors (Lipinski definition) is 1. The monoisotopic (exact) mass is 233 g/mol. The van der Waals surface area contributed by atoms with Crippen LogP contribution in [0.3, 0.4) is 0 Å². The standard InChI is InChI=1S/C14H19NO2/c1-11-5-7-12(8-6-11)13-4-2-3-9-15(13)10-14(16)17/h5-8,13H,2-4,9-10H2,1H3,(H,16,17). The molecule has 1 heterocycles. The van der Waals surface area contributed by atoms with E-state index in [1.165, 1.54) is 17.5 Å². The number of aryl methyl sites for hydroxylation is 1. The van der Waals surface area contributed by atoms with Crippen molar-refractivity contribution < 1.29 is 9.90 Å². The summed E-state index contributed by atoms with van der Waals surface area (Å²) in [7, 11) is 0. The maximum Gasteiger partial charge on any atom is 0.317 e. The zero-order chi connectivity index (χ0) is 12.3. The Morgan fingerprint density at radius 2 is 2.06 bits per heavy atom. The molecule has 0 amide bonds. The third-order valence-corrected chi connectivity index (χ3v) is 3.41. The Balaban J connectivity index is 2.15. The number of carboxylic acids is 1. The summed E-state index contributed by atoms with van der Waals surface area (Å²) in [6, 6.07) is 8.73. The predicted octanol–water partition coefficient (Wildman–Crippen LogP) is 2.61. The quantitative estimate of drug-likeness (QED) is 0.872. The molecule has 92 valence electrons. The average molecular weight is 233 g/mol. The molecule has 1 aromatic rings. The number of carbonyl (C=O) groups is 1. The third-order valence-electron chi connectivity index (χ3n) is 3.41. The van der Waals surface area contributed by atoms with E-state index in [1.54, 1.807) is 0 Å². The molecule has 1 fully saturated rings. The highest BCUT2D eigenvalue weighted by molar-refractivity contribution is 5.69. The van der Waals surface area contributed by atoms with Gasteiger partial charge in [-0.3, -0.25) is 9.69 Å². The number of benzene rings is 1. The number of carboxylic acid groups (broad SMARTS) is 1. The summed E-state index contributed by atoms with van der Waals surface area (Å²) in [5.41, 5.74) is 2.49. The number of hydrogen-bond acceptors (Lipinski definition) is 2. The Morgan fingerprint density at radius 1 is 1.35 bits per heavy atom. The molecule has 3 nitrogen and oxygen atoms in total. The highest BCUT2D eigenvalue weighted by Crippen LogP contribution is 2.30. The van der Waals surface area contributed by atoms with Crippen LogP contribution in [-0.2, 0) is 4.79 Å². The fraction of sp³-hybridized carbons (Fsp3) is 0.500. The van der Waals surface area contributed by atoms with Crippen LogP contribution in [0.4, 0.5) is 0 Å². The van der Waals surface area contributed by atoms with Crippen LogP contribution < -0.4 is 0 Å². The molecule has 1 aliphatic rings. The molecular formula is C14H19NO2. The Labute approximate surface area is 102 Å². The van der Waals surface area contributed by atoms with Crippen LogP contribution in [0.2, 0.25) is 0 Å². The van der Waals surface area contributed by atoms with Gasteiger partial charge < -0.3 is 5.11 Å². The minimum absolute atomic E-state index is 0.151. The highest BCUT2D eigenvalue weighted by Gasteiger charge is 2.25. The van der Waals surface area contributed by atoms with E-state index in [9.17, 15) is 4.79 Å². The average Bonchev–Trinajstić information content (AvgIpc) is 2.30. The van der Waals surface area contributed by atoms with E-state index in [2.05, 4.69) is 36.1 Å². The molecule has 1 aliphatic heterocycles. The summed E-state index contributed by atoms with van der Waals surface area (Å²) in [6.07, 6.45) is 3.36. The normalized spacial score (nSPS) is 21.4. The molecule has 0 radical (unpaired) electrons. The lowest BCUT2D eigenvalue weighted by Gasteiger charge is -2.34. The molecule has 0 spiro atoms. The second-order valence-electron chi connectivity index (χ2n) is 4.79. The topological polar surface area (TPSA) is 40.5 Å². The van der Waals surface area contributed by atoms with Gasteiger partial charge in [-0.2, -0.15) is 0 Å². The number of aliphatic carboxylic acids is 1.